The first kappa shape index (κ1) is 12.9. The number of nitrogen functional groups attached to an aromatic ring is 1. The molecule has 19 heavy (non-hydrogen) atoms. The second kappa shape index (κ2) is 5.01. The minimum absolute atomic E-state index is 0.0451. The normalized spacial score (nSPS) is 10.5. The molecule has 0 atom stereocenters. The predicted octanol–water partition coefficient (Wildman–Crippen LogP) is 0.433. The molecule has 0 aliphatic carbocycles. The molecule has 8 nitrogen and oxygen atoms in total. The van der Waals surface area contributed by atoms with Crippen LogP contribution in [0, 0.1) is 13.8 Å². The van der Waals surface area contributed by atoms with Gasteiger partial charge in [-0.2, -0.15) is 5.10 Å². The number of rotatable bonds is 3. The maximum absolute atomic E-state index is 11.6. The van der Waals surface area contributed by atoms with Crippen LogP contribution in [0.3, 0.4) is 0 Å². The SMILES string of the molecule is CCOC(=O)c1ncn(-c2nnc(C)c(C)n2)c1N. The predicted molar refractivity (Wildman–Crippen MR) is 66.8 cm³/mol. The summed E-state index contributed by atoms with van der Waals surface area (Å²) < 4.78 is 6.24. The number of carbonyl (C=O) groups is 1. The molecule has 0 aromatic carbocycles. The zero-order chi connectivity index (χ0) is 14.0. The molecule has 2 heterocycles. The largest absolute Gasteiger partial charge is 0.461 e. The zero-order valence-electron chi connectivity index (χ0n) is 10.9. The minimum Gasteiger partial charge on any atom is -0.461 e. The summed E-state index contributed by atoms with van der Waals surface area (Å²) in [5.41, 5.74) is 7.35. The third-order valence-corrected chi connectivity index (χ3v) is 2.57. The van der Waals surface area contributed by atoms with E-state index in [1.165, 1.54) is 10.9 Å². The van der Waals surface area contributed by atoms with Crippen LogP contribution >= 0.6 is 0 Å². The van der Waals surface area contributed by atoms with Crippen molar-refractivity contribution in [3.63, 3.8) is 0 Å². The molecule has 0 saturated carbocycles. The van der Waals surface area contributed by atoms with Gasteiger partial charge >= 0.3 is 5.97 Å². The van der Waals surface area contributed by atoms with Crippen LogP contribution in [0.15, 0.2) is 6.33 Å². The number of aryl methyl sites for hydroxylation is 2. The third-order valence-electron chi connectivity index (χ3n) is 2.57. The maximum Gasteiger partial charge on any atom is 0.360 e. The first-order valence-corrected chi connectivity index (χ1v) is 5.72. The molecule has 0 radical (unpaired) electrons. The summed E-state index contributed by atoms with van der Waals surface area (Å²) in [4.78, 5) is 19.8. The Kier molecular flexibility index (Phi) is 3.41. The highest BCUT2D eigenvalue weighted by molar-refractivity contribution is 5.92. The Bertz CT molecular complexity index is 622. The zero-order valence-corrected chi connectivity index (χ0v) is 10.9. The number of hydrogen-bond acceptors (Lipinski definition) is 7. The summed E-state index contributed by atoms with van der Waals surface area (Å²) >= 11 is 0. The molecule has 0 amide bonds. The Hall–Kier alpha value is -2.51. The van der Waals surface area contributed by atoms with Crippen molar-refractivity contribution < 1.29 is 9.53 Å². The third kappa shape index (κ3) is 2.37. The van der Waals surface area contributed by atoms with Gasteiger partial charge in [0.05, 0.1) is 18.0 Å². The van der Waals surface area contributed by atoms with Gasteiger partial charge in [-0.25, -0.2) is 14.8 Å². The van der Waals surface area contributed by atoms with Crippen LogP contribution in [0.4, 0.5) is 5.82 Å². The van der Waals surface area contributed by atoms with E-state index in [0.717, 1.165) is 11.4 Å². The number of ether oxygens (including phenoxy) is 1. The summed E-state index contributed by atoms with van der Waals surface area (Å²) in [6.45, 7) is 5.58. The monoisotopic (exact) mass is 262 g/mol. The van der Waals surface area contributed by atoms with Gasteiger partial charge in [-0.1, -0.05) is 0 Å². The number of carbonyl (C=O) groups excluding carboxylic acids is 1. The first-order chi connectivity index (χ1) is 9.04. The van der Waals surface area contributed by atoms with Crippen molar-refractivity contribution in [2.24, 2.45) is 0 Å². The van der Waals surface area contributed by atoms with Gasteiger partial charge in [0.15, 0.2) is 5.69 Å². The van der Waals surface area contributed by atoms with E-state index < -0.39 is 5.97 Å². The van der Waals surface area contributed by atoms with Crippen LogP contribution in [0.5, 0.6) is 0 Å². The first-order valence-electron chi connectivity index (χ1n) is 5.72. The molecular formula is C11H14N6O2. The Balaban J connectivity index is 2.41. The van der Waals surface area contributed by atoms with E-state index in [1.807, 2.05) is 6.92 Å². The van der Waals surface area contributed by atoms with Crippen molar-refractivity contribution in [2.75, 3.05) is 12.3 Å². The van der Waals surface area contributed by atoms with E-state index >= 15 is 0 Å². The Morgan fingerprint density at radius 1 is 1.37 bits per heavy atom. The molecule has 0 spiro atoms. The van der Waals surface area contributed by atoms with E-state index in [1.54, 1.807) is 13.8 Å². The summed E-state index contributed by atoms with van der Waals surface area (Å²) in [5.74, 6) is -0.178. The summed E-state index contributed by atoms with van der Waals surface area (Å²) in [6.07, 6.45) is 1.37. The Labute approximate surface area is 109 Å². The highest BCUT2D eigenvalue weighted by Crippen LogP contribution is 2.15. The Morgan fingerprint density at radius 2 is 2.11 bits per heavy atom. The lowest BCUT2D eigenvalue weighted by Crippen LogP contribution is -2.11. The molecule has 8 heteroatoms. The molecule has 0 bridgehead atoms. The lowest BCUT2D eigenvalue weighted by Gasteiger charge is -2.04. The van der Waals surface area contributed by atoms with Gasteiger partial charge < -0.3 is 10.5 Å². The number of imidazole rings is 1. The fourth-order valence-electron chi connectivity index (χ4n) is 1.42. The molecule has 0 fully saturated rings. The highest BCUT2D eigenvalue weighted by atomic mass is 16.5. The lowest BCUT2D eigenvalue weighted by atomic mass is 10.4. The van der Waals surface area contributed by atoms with Gasteiger partial charge in [0.2, 0.25) is 0 Å². The van der Waals surface area contributed by atoms with Crippen molar-refractivity contribution in [1.82, 2.24) is 24.7 Å². The van der Waals surface area contributed by atoms with E-state index in [0.29, 0.717) is 0 Å². The van der Waals surface area contributed by atoms with Gasteiger partial charge in [0, 0.05) is 0 Å². The van der Waals surface area contributed by atoms with E-state index in [2.05, 4.69) is 20.2 Å². The van der Waals surface area contributed by atoms with Crippen molar-refractivity contribution >= 4 is 11.8 Å². The number of hydrogen-bond donors (Lipinski definition) is 1. The van der Waals surface area contributed by atoms with Crippen LogP contribution in [0.25, 0.3) is 5.95 Å². The minimum atomic E-state index is -0.574. The maximum atomic E-state index is 11.6. The van der Waals surface area contributed by atoms with E-state index in [-0.39, 0.29) is 24.1 Å². The summed E-state index contributed by atoms with van der Waals surface area (Å²) in [7, 11) is 0. The van der Waals surface area contributed by atoms with Gasteiger partial charge in [-0.3, -0.25) is 4.57 Å². The molecular weight excluding hydrogens is 248 g/mol. The number of nitrogens with zero attached hydrogens (tertiary/aromatic N) is 5. The van der Waals surface area contributed by atoms with Crippen LogP contribution in [-0.4, -0.2) is 37.3 Å². The van der Waals surface area contributed by atoms with Crippen molar-refractivity contribution in [3.8, 4) is 5.95 Å². The van der Waals surface area contributed by atoms with Gasteiger partial charge in [-0.05, 0) is 20.8 Å². The van der Waals surface area contributed by atoms with Crippen LogP contribution in [-0.2, 0) is 4.74 Å². The number of nitrogens with two attached hydrogens (primary N) is 1. The van der Waals surface area contributed by atoms with Gasteiger partial charge in [-0.15, -0.1) is 5.10 Å². The van der Waals surface area contributed by atoms with Crippen molar-refractivity contribution in [1.29, 1.82) is 0 Å². The smallest absolute Gasteiger partial charge is 0.360 e. The number of esters is 1. The molecule has 0 aliphatic heterocycles. The fraction of sp³-hybridized carbons (Fsp3) is 0.364. The average molecular weight is 262 g/mol. The second-order valence-corrected chi connectivity index (χ2v) is 3.85. The van der Waals surface area contributed by atoms with E-state index in [4.69, 9.17) is 10.5 Å². The second-order valence-electron chi connectivity index (χ2n) is 3.85. The van der Waals surface area contributed by atoms with Crippen molar-refractivity contribution in [2.45, 2.75) is 20.8 Å². The molecule has 2 aromatic rings. The molecule has 0 aliphatic rings. The van der Waals surface area contributed by atoms with E-state index in [9.17, 15) is 4.79 Å². The number of aromatic nitrogens is 5. The lowest BCUT2D eigenvalue weighted by molar-refractivity contribution is 0.0521. The molecule has 2 rings (SSSR count). The highest BCUT2D eigenvalue weighted by Gasteiger charge is 2.19. The molecule has 100 valence electrons. The quantitative estimate of drug-likeness (QED) is 0.799. The topological polar surface area (TPSA) is 109 Å². The molecule has 0 saturated heterocycles. The molecule has 2 N–H and O–H groups in total. The molecule has 2 aromatic heterocycles. The standard InChI is InChI=1S/C11H14N6O2/c1-4-19-10(18)8-9(12)17(5-13-8)11-14-6(2)7(3)15-16-11/h5H,4,12H2,1-3H3. The Morgan fingerprint density at radius 3 is 2.74 bits per heavy atom. The average Bonchev–Trinajstić information content (AvgIpc) is 2.75. The van der Waals surface area contributed by atoms with Crippen LogP contribution in [0.1, 0.15) is 28.8 Å². The van der Waals surface area contributed by atoms with Crippen molar-refractivity contribution in [3.05, 3.63) is 23.4 Å². The van der Waals surface area contributed by atoms with Crippen LogP contribution in [0.2, 0.25) is 0 Å². The van der Waals surface area contributed by atoms with Gasteiger partial charge in [0.25, 0.3) is 5.95 Å². The van der Waals surface area contributed by atoms with Crippen LogP contribution < -0.4 is 5.73 Å². The van der Waals surface area contributed by atoms with Gasteiger partial charge in [0.1, 0.15) is 12.1 Å². The fourth-order valence-corrected chi connectivity index (χ4v) is 1.42. The summed E-state index contributed by atoms with van der Waals surface area (Å²) in [5, 5.41) is 7.87. The number of anilines is 1. The summed E-state index contributed by atoms with van der Waals surface area (Å²) in [6, 6.07) is 0. The molecule has 0 unspecified atom stereocenters.